The van der Waals surface area contributed by atoms with E-state index in [-0.39, 0.29) is 22.3 Å². The van der Waals surface area contributed by atoms with E-state index in [2.05, 4.69) is 14.7 Å². The maximum Gasteiger partial charge on any atom is 0.264 e. The van der Waals surface area contributed by atoms with Crippen LogP contribution < -0.4 is 9.03 Å². The van der Waals surface area contributed by atoms with Crippen molar-refractivity contribution in [3.05, 3.63) is 73.1 Å². The van der Waals surface area contributed by atoms with Crippen molar-refractivity contribution in [1.82, 2.24) is 9.97 Å². The fourth-order valence-corrected chi connectivity index (χ4v) is 5.21. The first-order chi connectivity index (χ1) is 14.3. The summed E-state index contributed by atoms with van der Waals surface area (Å²) in [6, 6.07) is 15.4. The molecule has 0 aliphatic heterocycles. The first-order valence-electron chi connectivity index (χ1n) is 9.32. The van der Waals surface area contributed by atoms with Gasteiger partial charge in [0.25, 0.3) is 20.0 Å². The van der Waals surface area contributed by atoms with E-state index in [1.54, 1.807) is 24.3 Å². The molecule has 1 aromatic heterocycles. The quantitative estimate of drug-likeness (QED) is 0.540. The molecule has 0 aliphatic carbocycles. The Bertz CT molecular complexity index is 1170. The molecule has 0 radical (unpaired) electrons. The molecule has 0 fully saturated rings. The Morgan fingerprint density at radius 2 is 1.47 bits per heavy atom. The lowest BCUT2D eigenvalue weighted by atomic mass is 10.3. The largest absolute Gasteiger partial charge is 0.266 e. The van der Waals surface area contributed by atoms with E-state index < -0.39 is 20.0 Å². The van der Waals surface area contributed by atoms with Crippen LogP contribution in [0.25, 0.3) is 0 Å². The molecule has 0 saturated carbocycles. The van der Waals surface area contributed by atoms with Crippen LogP contribution in [0.5, 0.6) is 0 Å². The molecule has 158 valence electrons. The second kappa shape index (κ2) is 9.23. The van der Waals surface area contributed by atoms with Crippen molar-refractivity contribution in [2.75, 3.05) is 15.6 Å². The summed E-state index contributed by atoms with van der Waals surface area (Å²) in [6.07, 6.45) is 4.33. The number of unbranched alkanes of at least 4 members (excludes halogenated alkanes) is 1. The van der Waals surface area contributed by atoms with Gasteiger partial charge in [-0.1, -0.05) is 31.5 Å². The van der Waals surface area contributed by atoms with Gasteiger partial charge in [0, 0.05) is 18.9 Å². The lowest BCUT2D eigenvalue weighted by Crippen LogP contribution is -2.32. The number of rotatable bonds is 9. The zero-order valence-corrected chi connectivity index (χ0v) is 18.0. The lowest BCUT2D eigenvalue weighted by molar-refractivity contribution is 0.588. The van der Waals surface area contributed by atoms with Crippen LogP contribution in [0.3, 0.4) is 0 Å². The summed E-state index contributed by atoms with van der Waals surface area (Å²) in [7, 11) is -7.68. The Labute approximate surface area is 176 Å². The van der Waals surface area contributed by atoms with E-state index >= 15 is 0 Å². The molecule has 0 unspecified atom stereocenters. The minimum absolute atomic E-state index is 0.0220. The second-order valence-corrected chi connectivity index (χ2v) is 9.96. The van der Waals surface area contributed by atoms with Gasteiger partial charge in [0.2, 0.25) is 5.95 Å². The number of anilines is 2. The maximum atomic E-state index is 13.1. The molecule has 30 heavy (non-hydrogen) atoms. The molecular weight excluding hydrogens is 424 g/mol. The first kappa shape index (κ1) is 21.7. The topological polar surface area (TPSA) is 109 Å². The SMILES string of the molecule is CCCCN(c1ccc(S(=O)(=O)Nc2ncccn2)cc1)S(=O)(=O)c1ccccc1. The highest BCUT2D eigenvalue weighted by molar-refractivity contribution is 7.93. The molecule has 2 aromatic carbocycles. The number of hydrogen-bond donors (Lipinski definition) is 1. The summed E-state index contributed by atoms with van der Waals surface area (Å²) in [5.41, 5.74) is 0.391. The summed E-state index contributed by atoms with van der Waals surface area (Å²) in [6.45, 7) is 2.26. The van der Waals surface area contributed by atoms with E-state index in [4.69, 9.17) is 0 Å². The predicted octanol–water partition coefficient (Wildman–Crippen LogP) is 3.27. The zero-order chi connectivity index (χ0) is 21.6. The third-order valence-corrected chi connectivity index (χ3v) is 7.46. The molecule has 0 aliphatic rings. The van der Waals surface area contributed by atoms with Gasteiger partial charge in [-0.15, -0.1) is 0 Å². The van der Waals surface area contributed by atoms with Gasteiger partial charge in [-0.3, -0.25) is 4.31 Å². The average molecular weight is 447 g/mol. The number of benzene rings is 2. The van der Waals surface area contributed by atoms with Crippen molar-refractivity contribution in [2.24, 2.45) is 0 Å². The highest BCUT2D eigenvalue weighted by atomic mass is 32.2. The van der Waals surface area contributed by atoms with Gasteiger partial charge in [0.1, 0.15) is 0 Å². The minimum atomic E-state index is -3.90. The molecule has 8 nitrogen and oxygen atoms in total. The number of sulfonamides is 2. The van der Waals surface area contributed by atoms with Crippen molar-refractivity contribution in [3.8, 4) is 0 Å². The molecule has 10 heteroatoms. The molecule has 0 amide bonds. The second-order valence-electron chi connectivity index (χ2n) is 6.42. The summed E-state index contributed by atoms with van der Waals surface area (Å²) in [4.78, 5) is 7.85. The fraction of sp³-hybridized carbons (Fsp3) is 0.200. The van der Waals surface area contributed by atoms with Crippen LogP contribution in [0.1, 0.15) is 19.8 Å². The molecule has 0 atom stereocenters. The number of aromatic nitrogens is 2. The van der Waals surface area contributed by atoms with Crippen LogP contribution in [-0.4, -0.2) is 33.3 Å². The summed E-state index contributed by atoms with van der Waals surface area (Å²) < 4.78 is 55.0. The van der Waals surface area contributed by atoms with Crippen molar-refractivity contribution < 1.29 is 16.8 Å². The summed E-state index contributed by atoms with van der Waals surface area (Å²) >= 11 is 0. The van der Waals surface area contributed by atoms with Gasteiger partial charge in [0.05, 0.1) is 15.5 Å². The highest BCUT2D eigenvalue weighted by Crippen LogP contribution is 2.26. The molecule has 0 spiro atoms. The van der Waals surface area contributed by atoms with Crippen LogP contribution in [0.4, 0.5) is 11.6 Å². The fourth-order valence-electron chi connectivity index (χ4n) is 2.73. The van der Waals surface area contributed by atoms with Gasteiger partial charge in [-0.2, -0.15) is 0 Å². The van der Waals surface area contributed by atoms with E-state index in [9.17, 15) is 16.8 Å². The van der Waals surface area contributed by atoms with Crippen LogP contribution in [0.2, 0.25) is 0 Å². The predicted molar refractivity (Wildman–Crippen MR) is 115 cm³/mol. The van der Waals surface area contributed by atoms with Crippen molar-refractivity contribution in [2.45, 2.75) is 29.6 Å². The molecule has 1 heterocycles. The van der Waals surface area contributed by atoms with Gasteiger partial charge < -0.3 is 0 Å². The van der Waals surface area contributed by atoms with Crippen molar-refractivity contribution in [1.29, 1.82) is 0 Å². The molecular formula is C20H22N4O4S2. The number of hydrogen-bond acceptors (Lipinski definition) is 6. The van der Waals surface area contributed by atoms with E-state index in [1.807, 2.05) is 6.92 Å². The number of nitrogens with zero attached hydrogens (tertiary/aromatic N) is 3. The zero-order valence-electron chi connectivity index (χ0n) is 16.3. The van der Waals surface area contributed by atoms with Crippen LogP contribution >= 0.6 is 0 Å². The summed E-state index contributed by atoms with van der Waals surface area (Å²) in [5.74, 6) is -0.0437. The Balaban J connectivity index is 1.91. The molecule has 3 aromatic rings. The standard InChI is InChI=1S/C20H22N4O4S2/c1-2-3-16-24(30(27,28)19-8-5-4-6-9-19)17-10-12-18(13-11-17)29(25,26)23-20-21-14-7-15-22-20/h4-15H,2-3,16H2,1H3,(H,21,22,23). The van der Waals surface area contributed by atoms with Crippen LogP contribution in [0.15, 0.2) is 82.8 Å². The number of nitrogens with one attached hydrogen (secondary N) is 1. The van der Waals surface area contributed by atoms with Gasteiger partial charge in [-0.05, 0) is 48.9 Å². The van der Waals surface area contributed by atoms with E-state index in [0.29, 0.717) is 12.1 Å². The Morgan fingerprint density at radius 1 is 0.833 bits per heavy atom. The smallest absolute Gasteiger partial charge is 0.264 e. The highest BCUT2D eigenvalue weighted by Gasteiger charge is 2.25. The molecule has 0 saturated heterocycles. The van der Waals surface area contributed by atoms with Crippen molar-refractivity contribution in [3.63, 3.8) is 0 Å². The third kappa shape index (κ3) is 4.95. The molecule has 1 N–H and O–H groups in total. The summed E-state index contributed by atoms with van der Waals surface area (Å²) in [5, 5.41) is 0. The molecule has 0 bridgehead atoms. The normalized spacial score (nSPS) is 11.8. The lowest BCUT2D eigenvalue weighted by Gasteiger charge is -2.24. The first-order valence-corrected chi connectivity index (χ1v) is 12.2. The van der Waals surface area contributed by atoms with Gasteiger partial charge >= 0.3 is 0 Å². The minimum Gasteiger partial charge on any atom is -0.266 e. The Hall–Kier alpha value is -2.98. The maximum absolute atomic E-state index is 13.1. The third-order valence-electron chi connectivity index (χ3n) is 4.27. The average Bonchev–Trinajstić information content (AvgIpc) is 2.75. The Morgan fingerprint density at radius 3 is 2.07 bits per heavy atom. The van der Waals surface area contributed by atoms with Crippen molar-refractivity contribution >= 4 is 31.7 Å². The Kier molecular flexibility index (Phi) is 6.68. The monoisotopic (exact) mass is 446 g/mol. The van der Waals surface area contributed by atoms with Gasteiger partial charge in [-0.25, -0.2) is 31.5 Å². The van der Waals surface area contributed by atoms with Gasteiger partial charge in [0.15, 0.2) is 0 Å². The van der Waals surface area contributed by atoms with Crippen LogP contribution in [-0.2, 0) is 20.0 Å². The van der Waals surface area contributed by atoms with Crippen LogP contribution in [0, 0.1) is 0 Å². The van der Waals surface area contributed by atoms with E-state index in [1.165, 1.54) is 53.1 Å². The van der Waals surface area contributed by atoms with E-state index in [0.717, 1.165) is 6.42 Å². The molecule has 3 rings (SSSR count).